The van der Waals surface area contributed by atoms with Crippen LogP contribution in [0.1, 0.15) is 32.0 Å². The summed E-state index contributed by atoms with van der Waals surface area (Å²) in [5.41, 5.74) is 2.86. The van der Waals surface area contributed by atoms with Crippen LogP contribution in [0, 0.1) is 0 Å². The molecule has 136 valence electrons. The normalized spacial score (nSPS) is 10.2. The molecule has 1 heterocycles. The molecule has 0 aliphatic rings. The molecule has 2 N–H and O–H groups in total. The predicted molar refractivity (Wildman–Crippen MR) is 104 cm³/mol. The summed E-state index contributed by atoms with van der Waals surface area (Å²) in [6.07, 6.45) is 2.44. The molecule has 5 heteroatoms. The van der Waals surface area contributed by atoms with E-state index < -0.39 is 0 Å². The molecule has 0 aliphatic carbocycles. The molecule has 5 nitrogen and oxygen atoms in total. The average molecular weight is 359 g/mol. The van der Waals surface area contributed by atoms with E-state index >= 15 is 0 Å². The highest BCUT2D eigenvalue weighted by molar-refractivity contribution is 5.99. The van der Waals surface area contributed by atoms with Gasteiger partial charge in [0, 0.05) is 23.9 Å². The van der Waals surface area contributed by atoms with Crippen molar-refractivity contribution in [1.82, 2.24) is 15.6 Å². The molecule has 3 rings (SSSR count). The number of hydrogen-bond donors (Lipinski definition) is 2. The summed E-state index contributed by atoms with van der Waals surface area (Å²) >= 11 is 0. The quantitative estimate of drug-likeness (QED) is 0.681. The molecule has 1 aromatic heterocycles. The Morgan fingerprint density at radius 3 is 2.19 bits per heavy atom. The molecule has 0 fully saturated rings. The van der Waals surface area contributed by atoms with Gasteiger partial charge in [-0.3, -0.25) is 14.6 Å². The summed E-state index contributed by atoms with van der Waals surface area (Å²) in [7, 11) is 0. The number of amides is 2. The van der Waals surface area contributed by atoms with E-state index in [0.717, 1.165) is 12.1 Å². The average Bonchev–Trinajstić information content (AvgIpc) is 2.73. The number of hydrogen-bond acceptors (Lipinski definition) is 3. The molecule has 0 aliphatic heterocycles. The second kappa shape index (κ2) is 9.29. The lowest BCUT2D eigenvalue weighted by atomic mass is 10.1. The number of benzene rings is 2. The first kappa shape index (κ1) is 18.3. The molecular formula is C22H21N3O2. The lowest BCUT2D eigenvalue weighted by Gasteiger charge is -2.08. The fourth-order valence-corrected chi connectivity index (χ4v) is 2.64. The van der Waals surface area contributed by atoms with Crippen molar-refractivity contribution < 1.29 is 9.59 Å². The van der Waals surface area contributed by atoms with Gasteiger partial charge in [-0.15, -0.1) is 0 Å². The zero-order chi connectivity index (χ0) is 18.9. The Morgan fingerprint density at radius 2 is 1.48 bits per heavy atom. The molecule has 27 heavy (non-hydrogen) atoms. The van der Waals surface area contributed by atoms with Crippen molar-refractivity contribution in [3.05, 3.63) is 101 Å². The molecule has 0 spiro atoms. The predicted octanol–water partition coefficient (Wildman–Crippen LogP) is 2.98. The maximum Gasteiger partial charge on any atom is 0.251 e. The topological polar surface area (TPSA) is 71.1 Å². The van der Waals surface area contributed by atoms with E-state index in [9.17, 15) is 9.59 Å². The van der Waals surface area contributed by atoms with Crippen LogP contribution in [0.4, 0.5) is 0 Å². The summed E-state index contributed by atoms with van der Waals surface area (Å²) in [6, 6.07) is 22.2. The van der Waals surface area contributed by atoms with Crippen LogP contribution in [0.3, 0.4) is 0 Å². The number of carbonyl (C=O) groups is 2. The molecule has 0 unspecified atom stereocenters. The molecule has 0 saturated carbocycles. The summed E-state index contributed by atoms with van der Waals surface area (Å²) in [6.45, 7) is 0.881. The Kier molecular flexibility index (Phi) is 6.30. The third-order valence-electron chi connectivity index (χ3n) is 4.09. The molecule has 0 saturated heterocycles. The SMILES string of the molecule is O=C(NCCc1ccccc1)c1cccc(C(=O)NCc2ccccn2)c1. The Bertz CT molecular complexity index is 896. The molecule has 0 radical (unpaired) electrons. The summed E-state index contributed by atoms with van der Waals surface area (Å²) in [5, 5.41) is 5.70. The maximum absolute atomic E-state index is 12.3. The van der Waals surface area contributed by atoms with Gasteiger partial charge in [0.05, 0.1) is 12.2 Å². The van der Waals surface area contributed by atoms with Gasteiger partial charge in [0.1, 0.15) is 0 Å². The zero-order valence-electron chi connectivity index (χ0n) is 14.9. The minimum atomic E-state index is -0.236. The number of carbonyl (C=O) groups excluding carboxylic acids is 2. The maximum atomic E-state index is 12.3. The van der Waals surface area contributed by atoms with Crippen molar-refractivity contribution in [2.24, 2.45) is 0 Å². The molecule has 3 aromatic rings. The number of nitrogens with zero attached hydrogens (tertiary/aromatic N) is 1. The van der Waals surface area contributed by atoms with Gasteiger partial charge < -0.3 is 10.6 Å². The Balaban J connectivity index is 1.54. The van der Waals surface area contributed by atoms with Crippen LogP contribution in [0.2, 0.25) is 0 Å². The van der Waals surface area contributed by atoms with Gasteiger partial charge in [-0.1, -0.05) is 42.5 Å². The number of aromatic nitrogens is 1. The third kappa shape index (κ3) is 5.51. The number of pyridine rings is 1. The summed E-state index contributed by atoms with van der Waals surface area (Å²) < 4.78 is 0. The van der Waals surface area contributed by atoms with Gasteiger partial charge in [0.25, 0.3) is 11.8 Å². The molecule has 2 amide bonds. The van der Waals surface area contributed by atoms with Crippen LogP contribution in [0.15, 0.2) is 79.0 Å². The van der Waals surface area contributed by atoms with Crippen LogP contribution in [0.5, 0.6) is 0 Å². The second-order valence-corrected chi connectivity index (χ2v) is 6.08. The van der Waals surface area contributed by atoms with Gasteiger partial charge in [0.15, 0.2) is 0 Å². The first-order valence-corrected chi connectivity index (χ1v) is 8.82. The summed E-state index contributed by atoms with van der Waals surface area (Å²) in [5.74, 6) is -0.426. The van der Waals surface area contributed by atoms with E-state index in [-0.39, 0.29) is 11.8 Å². The molecule has 0 atom stereocenters. The zero-order valence-corrected chi connectivity index (χ0v) is 14.9. The van der Waals surface area contributed by atoms with Crippen LogP contribution < -0.4 is 10.6 Å². The highest BCUT2D eigenvalue weighted by Gasteiger charge is 2.10. The van der Waals surface area contributed by atoms with Crippen molar-refractivity contribution in [1.29, 1.82) is 0 Å². The largest absolute Gasteiger partial charge is 0.352 e. The van der Waals surface area contributed by atoms with Crippen molar-refractivity contribution >= 4 is 11.8 Å². The monoisotopic (exact) mass is 359 g/mol. The number of rotatable bonds is 7. The van der Waals surface area contributed by atoms with Crippen LogP contribution in [-0.4, -0.2) is 23.3 Å². The minimum Gasteiger partial charge on any atom is -0.352 e. The van der Waals surface area contributed by atoms with E-state index in [1.54, 1.807) is 30.5 Å². The first-order valence-electron chi connectivity index (χ1n) is 8.82. The van der Waals surface area contributed by atoms with Gasteiger partial charge in [-0.05, 0) is 42.3 Å². The van der Waals surface area contributed by atoms with Crippen molar-refractivity contribution in [2.45, 2.75) is 13.0 Å². The highest BCUT2D eigenvalue weighted by atomic mass is 16.2. The van der Waals surface area contributed by atoms with E-state index in [2.05, 4.69) is 15.6 Å². The minimum absolute atomic E-state index is 0.190. The summed E-state index contributed by atoms with van der Waals surface area (Å²) in [4.78, 5) is 28.8. The van der Waals surface area contributed by atoms with Gasteiger partial charge in [-0.25, -0.2) is 0 Å². The fraction of sp³-hybridized carbons (Fsp3) is 0.136. The van der Waals surface area contributed by atoms with E-state index in [1.807, 2.05) is 48.5 Å². The van der Waals surface area contributed by atoms with E-state index in [0.29, 0.717) is 24.2 Å². The smallest absolute Gasteiger partial charge is 0.251 e. The lowest BCUT2D eigenvalue weighted by Crippen LogP contribution is -2.27. The van der Waals surface area contributed by atoms with Crippen LogP contribution >= 0.6 is 0 Å². The van der Waals surface area contributed by atoms with Gasteiger partial charge in [0.2, 0.25) is 0 Å². The highest BCUT2D eigenvalue weighted by Crippen LogP contribution is 2.06. The Labute approximate surface area is 158 Å². The first-order chi connectivity index (χ1) is 13.2. The Hall–Kier alpha value is -3.47. The number of nitrogens with one attached hydrogen (secondary N) is 2. The van der Waals surface area contributed by atoms with E-state index in [1.165, 1.54) is 5.56 Å². The fourth-order valence-electron chi connectivity index (χ4n) is 2.64. The second-order valence-electron chi connectivity index (χ2n) is 6.08. The Morgan fingerprint density at radius 1 is 0.778 bits per heavy atom. The van der Waals surface area contributed by atoms with Crippen LogP contribution in [0.25, 0.3) is 0 Å². The van der Waals surface area contributed by atoms with E-state index in [4.69, 9.17) is 0 Å². The molecule has 2 aromatic carbocycles. The van der Waals surface area contributed by atoms with Gasteiger partial charge >= 0.3 is 0 Å². The van der Waals surface area contributed by atoms with Crippen molar-refractivity contribution in [2.75, 3.05) is 6.54 Å². The van der Waals surface area contributed by atoms with Crippen molar-refractivity contribution in [3.63, 3.8) is 0 Å². The third-order valence-corrected chi connectivity index (χ3v) is 4.09. The van der Waals surface area contributed by atoms with Crippen LogP contribution in [-0.2, 0) is 13.0 Å². The molecular weight excluding hydrogens is 338 g/mol. The molecule has 0 bridgehead atoms. The standard InChI is InChI=1S/C22H21N3O2/c26-21(24-14-12-17-7-2-1-3-8-17)18-9-6-10-19(15-18)22(27)25-16-20-11-4-5-13-23-20/h1-11,13,15H,12,14,16H2,(H,24,26)(H,25,27). The van der Waals surface area contributed by atoms with Gasteiger partial charge in [-0.2, -0.15) is 0 Å². The van der Waals surface area contributed by atoms with Crippen molar-refractivity contribution in [3.8, 4) is 0 Å². The lowest BCUT2D eigenvalue weighted by molar-refractivity contribution is 0.0950.